The molecule has 1 aromatic carbocycles. The largest absolute Gasteiger partial charge is 0.481 e. The van der Waals surface area contributed by atoms with Crippen LogP contribution in [0.2, 0.25) is 0 Å². The minimum Gasteiger partial charge on any atom is -0.481 e. The Bertz CT molecular complexity index is 1470. The van der Waals surface area contributed by atoms with Gasteiger partial charge in [-0.2, -0.15) is 0 Å². The molecule has 0 radical (unpaired) electrons. The molecule has 0 aliphatic carbocycles. The van der Waals surface area contributed by atoms with Crippen molar-refractivity contribution >= 4 is 28.3 Å². The lowest BCUT2D eigenvalue weighted by atomic mass is 10.0. The molecule has 11 heteroatoms. The molecule has 0 aliphatic rings. The van der Waals surface area contributed by atoms with Crippen LogP contribution in [-0.4, -0.2) is 37.3 Å². The van der Waals surface area contributed by atoms with Gasteiger partial charge in [0.05, 0.1) is 29.9 Å². The Labute approximate surface area is 206 Å². The van der Waals surface area contributed by atoms with Crippen molar-refractivity contribution in [3.05, 3.63) is 76.0 Å². The first-order valence-corrected chi connectivity index (χ1v) is 11.5. The van der Waals surface area contributed by atoms with E-state index in [2.05, 4.69) is 25.3 Å². The smallest absolute Gasteiger partial charge is 0.264 e. The molecule has 0 fully saturated rings. The van der Waals surface area contributed by atoms with Crippen LogP contribution in [0.4, 0.5) is 16.0 Å². The van der Waals surface area contributed by atoms with Gasteiger partial charge >= 0.3 is 0 Å². The number of nitrogens with two attached hydrogens (primary N) is 1. The predicted molar refractivity (Wildman–Crippen MR) is 136 cm³/mol. The molecule has 1 unspecified atom stereocenters. The van der Waals surface area contributed by atoms with Crippen LogP contribution in [-0.2, 0) is 6.54 Å². The van der Waals surface area contributed by atoms with E-state index in [-0.39, 0.29) is 22.4 Å². The summed E-state index contributed by atoms with van der Waals surface area (Å²) in [5.74, 6) is 0.688. The normalized spacial score (nSPS) is 11.9. The van der Waals surface area contributed by atoms with Gasteiger partial charge in [-0.3, -0.25) is 14.8 Å². The molecule has 0 saturated carbocycles. The van der Waals surface area contributed by atoms with E-state index in [4.69, 9.17) is 15.9 Å². The third-order valence-corrected chi connectivity index (χ3v) is 5.80. The Morgan fingerprint density at radius 2 is 2.03 bits per heavy atom. The maximum atomic E-state index is 14.5. The van der Waals surface area contributed by atoms with Gasteiger partial charge in [0.25, 0.3) is 5.56 Å². The lowest BCUT2D eigenvalue weighted by Gasteiger charge is -2.23. The molecule has 4 N–H and O–H groups in total. The number of benzene rings is 1. The fraction of sp³-hybridized carbons (Fsp3) is 0.280. The number of rotatable bonds is 9. The van der Waals surface area contributed by atoms with Gasteiger partial charge in [-0.05, 0) is 31.0 Å². The number of nitrogens with zero attached hydrogens (tertiary/aromatic N) is 5. The van der Waals surface area contributed by atoms with Crippen LogP contribution in [0.5, 0.6) is 5.88 Å². The van der Waals surface area contributed by atoms with E-state index in [0.29, 0.717) is 48.0 Å². The van der Waals surface area contributed by atoms with Crippen molar-refractivity contribution in [1.29, 1.82) is 5.41 Å². The van der Waals surface area contributed by atoms with Crippen LogP contribution < -0.4 is 21.3 Å². The van der Waals surface area contributed by atoms with Crippen LogP contribution in [0.25, 0.3) is 10.9 Å². The average Bonchev–Trinajstić information content (AvgIpc) is 2.88. The van der Waals surface area contributed by atoms with Crippen LogP contribution in [0.1, 0.15) is 49.7 Å². The highest BCUT2D eigenvalue weighted by molar-refractivity contribution is 6.16. The second-order valence-corrected chi connectivity index (χ2v) is 8.11. The summed E-state index contributed by atoms with van der Waals surface area (Å²) in [5.41, 5.74) is 6.88. The lowest BCUT2D eigenvalue weighted by Crippen LogP contribution is -2.30. The van der Waals surface area contributed by atoms with Gasteiger partial charge in [0, 0.05) is 24.4 Å². The number of hydrogen-bond donors (Lipinski definition) is 3. The van der Waals surface area contributed by atoms with Crippen LogP contribution >= 0.6 is 0 Å². The van der Waals surface area contributed by atoms with Gasteiger partial charge in [-0.15, -0.1) is 0 Å². The summed E-state index contributed by atoms with van der Waals surface area (Å²) in [6.45, 7) is 4.23. The number of pyridine rings is 1. The Hall–Kier alpha value is -4.41. The SMILES string of the molecule is CCCn1c(C(CC)Nc2ncnc(N)c2C(=N)c2ccc(OC)nc2)nc2cccc(F)c2c1=O. The summed E-state index contributed by atoms with van der Waals surface area (Å²) in [5, 5.41) is 12.0. The van der Waals surface area contributed by atoms with E-state index in [0.717, 1.165) is 0 Å². The summed E-state index contributed by atoms with van der Waals surface area (Å²) >= 11 is 0. The van der Waals surface area contributed by atoms with Gasteiger partial charge in [0.1, 0.15) is 35.0 Å². The van der Waals surface area contributed by atoms with Crippen molar-refractivity contribution in [2.24, 2.45) is 0 Å². The second-order valence-electron chi connectivity index (χ2n) is 8.11. The summed E-state index contributed by atoms with van der Waals surface area (Å²) in [6, 6.07) is 7.26. The van der Waals surface area contributed by atoms with Crippen molar-refractivity contribution in [3.8, 4) is 5.88 Å². The molecule has 0 spiro atoms. The van der Waals surface area contributed by atoms with Crippen molar-refractivity contribution < 1.29 is 9.13 Å². The van der Waals surface area contributed by atoms with Crippen LogP contribution in [0.15, 0.2) is 47.7 Å². The highest BCUT2D eigenvalue weighted by atomic mass is 19.1. The molecule has 0 amide bonds. The highest BCUT2D eigenvalue weighted by Gasteiger charge is 2.24. The monoisotopic (exact) mass is 490 g/mol. The van der Waals surface area contributed by atoms with E-state index in [1.165, 1.54) is 36.3 Å². The zero-order valence-electron chi connectivity index (χ0n) is 20.2. The van der Waals surface area contributed by atoms with Crippen molar-refractivity contribution in [1.82, 2.24) is 24.5 Å². The molecule has 3 heterocycles. The average molecular weight is 491 g/mol. The van der Waals surface area contributed by atoms with Gasteiger partial charge in [0.15, 0.2) is 0 Å². The molecule has 3 aromatic heterocycles. The Morgan fingerprint density at radius 3 is 2.69 bits per heavy atom. The number of methoxy groups -OCH3 is 1. The van der Waals surface area contributed by atoms with Gasteiger partial charge in [-0.1, -0.05) is 19.9 Å². The fourth-order valence-corrected chi connectivity index (χ4v) is 4.01. The molecule has 186 valence electrons. The molecule has 1 atom stereocenters. The molecule has 4 aromatic rings. The molecule has 36 heavy (non-hydrogen) atoms. The highest BCUT2D eigenvalue weighted by Crippen LogP contribution is 2.27. The Morgan fingerprint density at radius 1 is 1.22 bits per heavy atom. The second kappa shape index (κ2) is 10.5. The molecular formula is C25H27FN8O2. The third-order valence-electron chi connectivity index (χ3n) is 5.80. The molecule has 0 aliphatic heterocycles. The van der Waals surface area contributed by atoms with E-state index < -0.39 is 17.4 Å². The summed E-state index contributed by atoms with van der Waals surface area (Å²) in [6.07, 6.45) is 3.99. The summed E-state index contributed by atoms with van der Waals surface area (Å²) < 4.78 is 21.1. The Kier molecular flexibility index (Phi) is 7.18. The van der Waals surface area contributed by atoms with Gasteiger partial charge < -0.3 is 15.8 Å². The predicted octanol–water partition coefficient (Wildman–Crippen LogP) is 3.70. The van der Waals surface area contributed by atoms with E-state index in [1.807, 2.05) is 13.8 Å². The number of fused-ring (bicyclic) bond motifs is 1. The molecule has 4 rings (SSSR count). The lowest BCUT2D eigenvalue weighted by molar-refractivity contribution is 0.398. The minimum atomic E-state index is -0.602. The van der Waals surface area contributed by atoms with Gasteiger partial charge in [0.2, 0.25) is 5.88 Å². The molecule has 10 nitrogen and oxygen atoms in total. The number of ether oxygens (including phenoxy) is 1. The Balaban J connectivity index is 1.80. The van der Waals surface area contributed by atoms with Crippen molar-refractivity contribution in [2.45, 2.75) is 39.3 Å². The van der Waals surface area contributed by atoms with Crippen molar-refractivity contribution in [2.75, 3.05) is 18.2 Å². The topological polar surface area (TPSA) is 145 Å². The first kappa shape index (κ1) is 24.7. The molecular weight excluding hydrogens is 463 g/mol. The van der Waals surface area contributed by atoms with E-state index >= 15 is 0 Å². The quantitative estimate of drug-likeness (QED) is 0.301. The number of halogens is 1. The fourth-order valence-electron chi connectivity index (χ4n) is 4.01. The van der Waals surface area contributed by atoms with Gasteiger partial charge in [-0.25, -0.2) is 24.3 Å². The van der Waals surface area contributed by atoms with Crippen LogP contribution in [0.3, 0.4) is 0 Å². The zero-order valence-corrected chi connectivity index (χ0v) is 20.2. The zero-order chi connectivity index (χ0) is 25.8. The standard InChI is InChI=1S/C25H27FN8O2/c1-4-11-34-24(33-17-8-6-7-15(26)19(17)25(34)35)16(5-2)32-23-20(22(28)30-13-31-23)21(27)14-9-10-18(36-3)29-12-14/h6-10,12-13,16,27H,4-5,11H2,1-3H3,(H3,28,30,31,32). The summed E-state index contributed by atoms with van der Waals surface area (Å²) in [7, 11) is 1.51. The number of nitrogen functional groups attached to an aromatic ring is 1. The first-order chi connectivity index (χ1) is 17.4. The van der Waals surface area contributed by atoms with Crippen LogP contribution in [0, 0.1) is 11.2 Å². The first-order valence-electron chi connectivity index (χ1n) is 11.5. The summed E-state index contributed by atoms with van der Waals surface area (Å²) in [4.78, 5) is 30.5. The van der Waals surface area contributed by atoms with Crippen molar-refractivity contribution in [3.63, 3.8) is 0 Å². The molecule has 0 saturated heterocycles. The third kappa shape index (κ3) is 4.59. The molecule has 0 bridgehead atoms. The number of aromatic nitrogens is 5. The number of anilines is 2. The number of hydrogen-bond acceptors (Lipinski definition) is 9. The van der Waals surface area contributed by atoms with E-state index in [1.54, 1.807) is 18.2 Å². The van der Waals surface area contributed by atoms with E-state index in [9.17, 15) is 9.18 Å². The maximum Gasteiger partial charge on any atom is 0.264 e. The minimum absolute atomic E-state index is 0.0368. The number of nitrogens with one attached hydrogen (secondary N) is 2. The maximum absolute atomic E-state index is 14.5.